The van der Waals surface area contributed by atoms with Crippen LogP contribution in [0.4, 0.5) is 0 Å². The summed E-state index contributed by atoms with van der Waals surface area (Å²) >= 11 is 0. The van der Waals surface area contributed by atoms with E-state index in [9.17, 15) is 4.79 Å². The third kappa shape index (κ3) is 5.47. The van der Waals surface area contributed by atoms with Gasteiger partial charge in [-0.1, -0.05) is 19.8 Å². The largest absolute Gasteiger partial charge is 0.468 e. The molecule has 0 aromatic carbocycles. The van der Waals surface area contributed by atoms with E-state index in [-0.39, 0.29) is 5.97 Å². The number of hydrogen-bond donors (Lipinski definition) is 1. The van der Waals surface area contributed by atoms with E-state index in [4.69, 9.17) is 9.47 Å². The number of carbonyl (C=O) groups excluding carboxylic acids is 1. The van der Waals surface area contributed by atoms with Crippen LogP contribution in [-0.2, 0) is 14.3 Å². The van der Waals surface area contributed by atoms with Gasteiger partial charge in [0, 0.05) is 13.2 Å². The Morgan fingerprint density at radius 1 is 1.31 bits per heavy atom. The van der Waals surface area contributed by atoms with E-state index in [1.165, 1.54) is 20.0 Å². The predicted molar refractivity (Wildman–Crippen MR) is 64.4 cm³/mol. The molecule has 96 valence electrons. The van der Waals surface area contributed by atoms with E-state index in [0.717, 1.165) is 13.0 Å². The Morgan fingerprint density at radius 3 is 2.50 bits per heavy atom. The molecule has 0 saturated heterocycles. The minimum Gasteiger partial charge on any atom is -0.468 e. The molecule has 0 fully saturated rings. The maximum atomic E-state index is 11.5. The normalized spacial score (nSPS) is 14.5. The predicted octanol–water partition coefficient (Wildman–Crippen LogP) is 1.73. The third-order valence-corrected chi connectivity index (χ3v) is 2.83. The Bertz CT molecular complexity index is 197. The van der Waals surface area contributed by atoms with Crippen LogP contribution in [0.5, 0.6) is 0 Å². The summed E-state index contributed by atoms with van der Waals surface area (Å²) in [6.45, 7) is 5.34. The maximum Gasteiger partial charge on any atom is 0.325 e. The highest BCUT2D eigenvalue weighted by Gasteiger charge is 2.31. The highest BCUT2D eigenvalue weighted by molar-refractivity contribution is 5.80. The average molecular weight is 231 g/mol. The summed E-state index contributed by atoms with van der Waals surface area (Å²) in [4.78, 5) is 11.5. The molecule has 0 aromatic rings. The quantitative estimate of drug-likeness (QED) is 0.485. The first-order chi connectivity index (χ1) is 7.60. The van der Waals surface area contributed by atoms with Crippen molar-refractivity contribution in [2.75, 3.05) is 27.4 Å². The van der Waals surface area contributed by atoms with Crippen molar-refractivity contribution in [3.05, 3.63) is 0 Å². The second kappa shape index (κ2) is 8.53. The van der Waals surface area contributed by atoms with E-state index in [1.54, 1.807) is 7.05 Å². The van der Waals surface area contributed by atoms with Crippen LogP contribution in [0.1, 0.15) is 39.5 Å². The van der Waals surface area contributed by atoms with Crippen LogP contribution in [0.15, 0.2) is 0 Å². The molecule has 0 aliphatic carbocycles. The maximum absolute atomic E-state index is 11.5. The van der Waals surface area contributed by atoms with Crippen molar-refractivity contribution in [1.29, 1.82) is 0 Å². The van der Waals surface area contributed by atoms with Crippen LogP contribution >= 0.6 is 0 Å². The van der Waals surface area contributed by atoms with Gasteiger partial charge in [-0.25, -0.2) is 0 Å². The Labute approximate surface area is 98.7 Å². The van der Waals surface area contributed by atoms with Crippen LogP contribution in [-0.4, -0.2) is 38.9 Å². The van der Waals surface area contributed by atoms with Crippen LogP contribution in [0.25, 0.3) is 0 Å². The van der Waals surface area contributed by atoms with Gasteiger partial charge in [0.1, 0.15) is 5.54 Å². The van der Waals surface area contributed by atoms with E-state index in [0.29, 0.717) is 13.0 Å². The molecule has 0 radical (unpaired) electrons. The summed E-state index contributed by atoms with van der Waals surface area (Å²) in [7, 11) is 3.16. The second-order valence-electron chi connectivity index (χ2n) is 4.14. The highest BCUT2D eigenvalue weighted by Crippen LogP contribution is 2.11. The first-order valence-electron chi connectivity index (χ1n) is 5.95. The van der Waals surface area contributed by atoms with Gasteiger partial charge in [-0.15, -0.1) is 0 Å². The van der Waals surface area contributed by atoms with Crippen LogP contribution < -0.4 is 5.32 Å². The Kier molecular flexibility index (Phi) is 8.21. The summed E-state index contributed by atoms with van der Waals surface area (Å²) < 4.78 is 10.2. The number of ether oxygens (including phenoxy) is 2. The zero-order chi connectivity index (χ0) is 12.4. The number of carbonyl (C=O) groups is 1. The number of unbranched alkanes of at least 4 members (excludes halogenated alkanes) is 2. The molecular formula is C12H25NO3. The molecule has 0 heterocycles. The van der Waals surface area contributed by atoms with Crippen LogP contribution in [0, 0.1) is 0 Å². The number of methoxy groups -OCH3 is 1. The SMILES string of the molecule is CCCCCOCCC(C)(NC)C(=O)OC. The van der Waals surface area contributed by atoms with Crippen molar-refractivity contribution in [2.45, 2.75) is 45.1 Å². The van der Waals surface area contributed by atoms with Gasteiger partial charge in [0.15, 0.2) is 0 Å². The molecule has 16 heavy (non-hydrogen) atoms. The summed E-state index contributed by atoms with van der Waals surface area (Å²) in [5, 5.41) is 2.98. The fraction of sp³-hybridized carbons (Fsp3) is 0.917. The minimum atomic E-state index is -0.639. The van der Waals surface area contributed by atoms with Crippen LogP contribution in [0.3, 0.4) is 0 Å². The van der Waals surface area contributed by atoms with Crippen molar-refractivity contribution in [1.82, 2.24) is 5.32 Å². The van der Waals surface area contributed by atoms with Crippen LogP contribution in [0.2, 0.25) is 0 Å². The summed E-state index contributed by atoms with van der Waals surface area (Å²) in [5.74, 6) is -0.243. The summed E-state index contributed by atoms with van der Waals surface area (Å²) in [6, 6.07) is 0. The lowest BCUT2D eigenvalue weighted by molar-refractivity contribution is -0.148. The molecule has 0 aliphatic heterocycles. The van der Waals surface area contributed by atoms with Crippen molar-refractivity contribution in [3.63, 3.8) is 0 Å². The lowest BCUT2D eigenvalue weighted by Crippen LogP contribution is -2.49. The molecule has 1 unspecified atom stereocenters. The second-order valence-corrected chi connectivity index (χ2v) is 4.14. The Morgan fingerprint density at radius 2 is 2.00 bits per heavy atom. The Hall–Kier alpha value is -0.610. The molecule has 1 atom stereocenters. The van der Waals surface area contributed by atoms with Gasteiger partial charge < -0.3 is 14.8 Å². The number of likely N-dealkylation sites (N-methyl/N-ethyl adjacent to an activating group) is 1. The van der Waals surface area contributed by atoms with Gasteiger partial charge in [-0.3, -0.25) is 4.79 Å². The number of nitrogens with one attached hydrogen (secondary N) is 1. The number of esters is 1. The molecule has 4 nitrogen and oxygen atoms in total. The van der Waals surface area contributed by atoms with E-state index < -0.39 is 5.54 Å². The van der Waals surface area contributed by atoms with Crippen molar-refractivity contribution < 1.29 is 14.3 Å². The number of rotatable bonds is 9. The van der Waals surface area contributed by atoms with Gasteiger partial charge in [0.2, 0.25) is 0 Å². The standard InChI is InChI=1S/C12H25NO3/c1-5-6-7-9-16-10-8-12(2,13-3)11(14)15-4/h13H,5-10H2,1-4H3. The molecule has 0 amide bonds. The molecule has 0 rings (SSSR count). The monoisotopic (exact) mass is 231 g/mol. The van der Waals surface area contributed by atoms with Crippen molar-refractivity contribution in [3.8, 4) is 0 Å². The Balaban J connectivity index is 3.74. The fourth-order valence-electron chi connectivity index (χ4n) is 1.39. The lowest BCUT2D eigenvalue weighted by Gasteiger charge is -2.25. The zero-order valence-corrected chi connectivity index (χ0v) is 11.0. The minimum absolute atomic E-state index is 0.243. The van der Waals surface area contributed by atoms with Gasteiger partial charge in [0.25, 0.3) is 0 Å². The molecule has 1 N–H and O–H groups in total. The van der Waals surface area contributed by atoms with Crippen molar-refractivity contribution >= 4 is 5.97 Å². The first-order valence-corrected chi connectivity index (χ1v) is 5.95. The molecule has 0 aliphatic rings. The highest BCUT2D eigenvalue weighted by atomic mass is 16.5. The van der Waals surface area contributed by atoms with Crippen molar-refractivity contribution in [2.24, 2.45) is 0 Å². The molecule has 0 aromatic heterocycles. The lowest BCUT2D eigenvalue weighted by atomic mass is 9.99. The summed E-state index contributed by atoms with van der Waals surface area (Å²) in [5.41, 5.74) is -0.639. The first kappa shape index (κ1) is 15.4. The van der Waals surface area contributed by atoms with E-state index >= 15 is 0 Å². The van der Waals surface area contributed by atoms with Gasteiger partial charge >= 0.3 is 5.97 Å². The van der Waals surface area contributed by atoms with E-state index in [2.05, 4.69) is 12.2 Å². The van der Waals surface area contributed by atoms with Gasteiger partial charge in [-0.05, 0) is 26.8 Å². The average Bonchev–Trinajstić information content (AvgIpc) is 2.32. The topological polar surface area (TPSA) is 47.6 Å². The molecule has 0 bridgehead atoms. The summed E-state index contributed by atoms with van der Waals surface area (Å²) in [6.07, 6.45) is 4.10. The molecule has 0 saturated carbocycles. The molecular weight excluding hydrogens is 206 g/mol. The fourth-order valence-corrected chi connectivity index (χ4v) is 1.39. The van der Waals surface area contributed by atoms with Gasteiger partial charge in [0.05, 0.1) is 7.11 Å². The van der Waals surface area contributed by atoms with E-state index in [1.807, 2.05) is 6.92 Å². The smallest absolute Gasteiger partial charge is 0.325 e. The zero-order valence-electron chi connectivity index (χ0n) is 11.0. The van der Waals surface area contributed by atoms with Gasteiger partial charge in [-0.2, -0.15) is 0 Å². The number of hydrogen-bond acceptors (Lipinski definition) is 4. The molecule has 4 heteroatoms. The third-order valence-electron chi connectivity index (χ3n) is 2.83. The molecule has 0 spiro atoms.